The summed E-state index contributed by atoms with van der Waals surface area (Å²) >= 11 is 0. The molecule has 0 aliphatic carbocycles. The van der Waals surface area contributed by atoms with Gasteiger partial charge in [0.2, 0.25) is 0 Å². The number of methoxy groups -OCH3 is 1. The molecule has 1 fully saturated rings. The van der Waals surface area contributed by atoms with Crippen molar-refractivity contribution in [1.82, 2.24) is 24.7 Å². The Bertz CT molecular complexity index is 1590. The van der Waals surface area contributed by atoms with Crippen LogP contribution in [0.25, 0.3) is 28.0 Å². The maximum absolute atomic E-state index is 13.0. The van der Waals surface area contributed by atoms with Crippen molar-refractivity contribution in [2.24, 2.45) is 5.92 Å². The quantitative estimate of drug-likeness (QED) is 0.341. The highest BCUT2D eigenvalue weighted by molar-refractivity contribution is 7.90. The first kappa shape index (κ1) is 25.8. The van der Waals surface area contributed by atoms with E-state index in [0.717, 1.165) is 27.8 Å². The number of hydrogen-bond acceptors (Lipinski definition) is 9. The SMILES string of the molecule is COc1ccncc1-c1cc2c(cnn2-c2cc(N3C[C@H](CS(C)(=O)=O)[C@H]3C)cc(NCCF)n2)c(C)n1. The van der Waals surface area contributed by atoms with E-state index in [1.54, 1.807) is 36.4 Å². The Morgan fingerprint density at radius 2 is 2.03 bits per heavy atom. The van der Waals surface area contributed by atoms with Crippen LogP contribution in [0.2, 0.25) is 0 Å². The first-order valence-corrected chi connectivity index (χ1v) is 14.3. The molecule has 10 nitrogen and oxygen atoms in total. The highest BCUT2D eigenvalue weighted by Gasteiger charge is 2.38. The topological polar surface area (TPSA) is 115 Å². The van der Waals surface area contributed by atoms with Gasteiger partial charge in [0.1, 0.15) is 28.1 Å². The lowest BCUT2D eigenvalue weighted by molar-refractivity contribution is 0.341. The minimum Gasteiger partial charge on any atom is -0.496 e. The third-order valence-corrected chi connectivity index (χ3v) is 7.94. The monoisotopic (exact) mass is 539 g/mol. The van der Waals surface area contributed by atoms with E-state index in [-0.39, 0.29) is 24.3 Å². The van der Waals surface area contributed by atoms with Gasteiger partial charge in [-0.05, 0) is 26.0 Å². The molecule has 200 valence electrons. The number of nitrogens with zero attached hydrogens (tertiary/aromatic N) is 6. The molecular weight excluding hydrogens is 509 g/mol. The zero-order chi connectivity index (χ0) is 27.0. The van der Waals surface area contributed by atoms with Crippen molar-refractivity contribution in [3.8, 4) is 22.8 Å². The smallest absolute Gasteiger partial charge is 0.158 e. The summed E-state index contributed by atoms with van der Waals surface area (Å²) in [5.41, 5.74) is 3.89. The molecular formula is C26H30FN7O3S. The fourth-order valence-electron chi connectivity index (χ4n) is 4.90. The molecule has 2 atom stereocenters. The molecule has 5 heterocycles. The van der Waals surface area contributed by atoms with Crippen molar-refractivity contribution in [1.29, 1.82) is 0 Å². The first-order chi connectivity index (χ1) is 18.2. The van der Waals surface area contributed by atoms with Crippen molar-refractivity contribution >= 4 is 32.2 Å². The van der Waals surface area contributed by atoms with Gasteiger partial charge < -0.3 is 15.0 Å². The predicted molar refractivity (Wildman–Crippen MR) is 146 cm³/mol. The summed E-state index contributed by atoms with van der Waals surface area (Å²) in [5.74, 6) is 1.90. The van der Waals surface area contributed by atoms with Gasteiger partial charge in [0.25, 0.3) is 0 Å². The number of sulfone groups is 1. The Morgan fingerprint density at radius 1 is 1.21 bits per heavy atom. The van der Waals surface area contributed by atoms with Crippen LogP contribution in [0.5, 0.6) is 5.75 Å². The van der Waals surface area contributed by atoms with Gasteiger partial charge in [-0.2, -0.15) is 5.10 Å². The lowest BCUT2D eigenvalue weighted by atomic mass is 9.91. The second kappa shape index (κ2) is 10.2. The molecule has 1 aliphatic rings. The minimum absolute atomic E-state index is 0.0273. The average Bonchev–Trinajstić information content (AvgIpc) is 3.33. The summed E-state index contributed by atoms with van der Waals surface area (Å²) in [5, 5.41) is 8.52. The van der Waals surface area contributed by atoms with Crippen LogP contribution in [0.4, 0.5) is 15.9 Å². The molecule has 38 heavy (non-hydrogen) atoms. The number of fused-ring (bicyclic) bond motifs is 1. The van der Waals surface area contributed by atoms with Gasteiger partial charge in [-0.15, -0.1) is 0 Å². The fraction of sp³-hybridized carbons (Fsp3) is 0.385. The van der Waals surface area contributed by atoms with E-state index in [0.29, 0.717) is 29.6 Å². The van der Waals surface area contributed by atoms with Crippen molar-refractivity contribution in [2.75, 3.05) is 49.1 Å². The van der Waals surface area contributed by atoms with Crippen LogP contribution in [0, 0.1) is 12.8 Å². The largest absolute Gasteiger partial charge is 0.496 e. The van der Waals surface area contributed by atoms with Gasteiger partial charge in [0, 0.05) is 72.6 Å². The molecule has 0 aromatic carbocycles. The van der Waals surface area contributed by atoms with Crippen LogP contribution in [0.15, 0.2) is 42.9 Å². The number of halogens is 1. The van der Waals surface area contributed by atoms with Crippen molar-refractivity contribution in [3.05, 3.63) is 48.5 Å². The van der Waals surface area contributed by atoms with Gasteiger partial charge in [0.05, 0.1) is 35.8 Å². The Kier molecular flexibility index (Phi) is 6.91. The molecule has 1 aliphatic heterocycles. The van der Waals surface area contributed by atoms with E-state index in [2.05, 4.69) is 20.3 Å². The van der Waals surface area contributed by atoms with Crippen molar-refractivity contribution in [2.45, 2.75) is 19.9 Å². The summed E-state index contributed by atoms with van der Waals surface area (Å²) in [6.45, 7) is 4.12. The molecule has 0 radical (unpaired) electrons. The summed E-state index contributed by atoms with van der Waals surface area (Å²) in [6.07, 6.45) is 6.39. The Labute approximate surface area is 220 Å². The van der Waals surface area contributed by atoms with E-state index in [1.165, 1.54) is 6.26 Å². The summed E-state index contributed by atoms with van der Waals surface area (Å²) in [7, 11) is -1.47. The maximum atomic E-state index is 13.0. The lowest BCUT2D eigenvalue weighted by Crippen LogP contribution is -2.57. The number of aromatic nitrogens is 5. The molecule has 0 spiro atoms. The first-order valence-electron chi connectivity index (χ1n) is 12.3. The number of aryl methyl sites for hydroxylation is 1. The van der Waals surface area contributed by atoms with E-state index in [1.807, 2.05) is 32.0 Å². The van der Waals surface area contributed by atoms with Gasteiger partial charge in [-0.1, -0.05) is 0 Å². The van der Waals surface area contributed by atoms with Crippen LogP contribution in [-0.2, 0) is 9.84 Å². The van der Waals surface area contributed by atoms with Gasteiger partial charge in [-0.25, -0.2) is 22.5 Å². The molecule has 1 N–H and O–H groups in total. The predicted octanol–water partition coefficient (Wildman–Crippen LogP) is 3.45. The van der Waals surface area contributed by atoms with Crippen LogP contribution < -0.4 is 15.0 Å². The van der Waals surface area contributed by atoms with Gasteiger partial charge in [0.15, 0.2) is 5.82 Å². The number of pyridine rings is 3. The number of rotatable bonds is 9. The molecule has 5 rings (SSSR count). The van der Waals surface area contributed by atoms with Crippen LogP contribution in [0.1, 0.15) is 12.6 Å². The second-order valence-corrected chi connectivity index (χ2v) is 11.8. The Hall–Kier alpha value is -3.80. The molecule has 0 bridgehead atoms. The molecule has 12 heteroatoms. The highest BCUT2D eigenvalue weighted by atomic mass is 32.2. The van der Waals surface area contributed by atoms with Crippen LogP contribution >= 0.6 is 0 Å². The standard InChI is InChI=1S/C26H30FN7O3S/c1-16-20-13-30-34(23(20)11-22(31-16)21-12-28-7-5-24(21)37-3)26-10-19(9-25(32-26)29-8-6-27)33-14-18(17(33)2)15-38(4,35)36/h5,7,9-13,17-18H,6,8,14-15H2,1-4H3,(H,29,32)/t17-,18-/m1/s1. The Morgan fingerprint density at radius 3 is 2.74 bits per heavy atom. The second-order valence-electron chi connectivity index (χ2n) is 9.59. The fourth-order valence-corrected chi connectivity index (χ4v) is 6.06. The van der Waals surface area contributed by atoms with Crippen molar-refractivity contribution < 1.29 is 17.5 Å². The van der Waals surface area contributed by atoms with E-state index >= 15 is 0 Å². The third-order valence-electron chi connectivity index (χ3n) is 6.90. The number of alkyl halides is 1. The third kappa shape index (κ3) is 5.00. The van der Waals surface area contributed by atoms with Gasteiger partial charge >= 0.3 is 0 Å². The summed E-state index contributed by atoms with van der Waals surface area (Å²) in [4.78, 5) is 15.8. The van der Waals surface area contributed by atoms with E-state index in [9.17, 15) is 12.8 Å². The molecule has 0 saturated carbocycles. The molecule has 4 aromatic heterocycles. The maximum Gasteiger partial charge on any atom is 0.158 e. The normalized spacial score (nSPS) is 17.4. The zero-order valence-corrected chi connectivity index (χ0v) is 22.5. The molecule has 0 unspecified atom stereocenters. The minimum atomic E-state index is -3.07. The molecule has 1 saturated heterocycles. The van der Waals surface area contributed by atoms with E-state index < -0.39 is 16.5 Å². The van der Waals surface area contributed by atoms with Gasteiger partial charge in [-0.3, -0.25) is 9.97 Å². The number of ether oxygens (including phenoxy) is 1. The number of nitrogens with one attached hydrogen (secondary N) is 1. The lowest BCUT2D eigenvalue weighted by Gasteiger charge is -2.48. The van der Waals surface area contributed by atoms with Crippen LogP contribution in [0.3, 0.4) is 0 Å². The van der Waals surface area contributed by atoms with Crippen molar-refractivity contribution in [3.63, 3.8) is 0 Å². The molecule has 0 amide bonds. The van der Waals surface area contributed by atoms with Crippen LogP contribution in [-0.4, -0.2) is 78.1 Å². The summed E-state index contributed by atoms with van der Waals surface area (Å²) in [6, 6.07) is 7.51. The van der Waals surface area contributed by atoms with E-state index in [4.69, 9.17) is 14.7 Å². The molecule has 4 aromatic rings. The zero-order valence-electron chi connectivity index (χ0n) is 21.7. The summed E-state index contributed by atoms with van der Waals surface area (Å²) < 4.78 is 43.9. The highest BCUT2D eigenvalue weighted by Crippen LogP contribution is 2.35. The number of hydrogen-bond donors (Lipinski definition) is 1. The number of anilines is 2. The Balaban J connectivity index is 1.58. The average molecular weight is 540 g/mol.